The van der Waals surface area contributed by atoms with E-state index in [0.29, 0.717) is 12.4 Å². The molecule has 0 aliphatic heterocycles. The van der Waals surface area contributed by atoms with Crippen molar-refractivity contribution in [2.75, 3.05) is 0 Å². The van der Waals surface area contributed by atoms with Gasteiger partial charge in [-0.05, 0) is 29.5 Å². The first-order chi connectivity index (χ1) is 7.72. The van der Waals surface area contributed by atoms with Gasteiger partial charge in [-0.2, -0.15) is 0 Å². The van der Waals surface area contributed by atoms with E-state index in [1.54, 1.807) is 16.8 Å². The minimum absolute atomic E-state index is 0.249. The van der Waals surface area contributed by atoms with Crippen LogP contribution in [0.2, 0.25) is 0 Å². The molecule has 82 valence electrons. The van der Waals surface area contributed by atoms with Gasteiger partial charge in [-0.3, -0.25) is 0 Å². The SMILES string of the molecule is CCn1nnnc1-c1ccc(C(=O)O)cc1. The topological polar surface area (TPSA) is 80.9 Å². The maximum atomic E-state index is 10.7. The van der Waals surface area contributed by atoms with Gasteiger partial charge in [0, 0.05) is 12.1 Å². The second-order valence-electron chi connectivity index (χ2n) is 3.20. The van der Waals surface area contributed by atoms with Crippen LogP contribution in [-0.2, 0) is 6.54 Å². The molecule has 0 aliphatic rings. The van der Waals surface area contributed by atoms with Crippen molar-refractivity contribution in [1.29, 1.82) is 0 Å². The van der Waals surface area contributed by atoms with Crippen molar-refractivity contribution in [2.24, 2.45) is 0 Å². The Morgan fingerprint density at radius 3 is 2.62 bits per heavy atom. The van der Waals surface area contributed by atoms with Crippen LogP contribution in [0.3, 0.4) is 0 Å². The molecule has 0 atom stereocenters. The van der Waals surface area contributed by atoms with E-state index in [1.165, 1.54) is 12.1 Å². The highest BCUT2D eigenvalue weighted by Gasteiger charge is 2.08. The molecule has 16 heavy (non-hydrogen) atoms. The molecule has 2 rings (SSSR count). The third kappa shape index (κ3) is 1.77. The molecule has 6 nitrogen and oxygen atoms in total. The zero-order valence-corrected chi connectivity index (χ0v) is 8.66. The predicted octanol–water partition coefficient (Wildman–Crippen LogP) is 1.06. The van der Waals surface area contributed by atoms with Crippen LogP contribution in [0.25, 0.3) is 11.4 Å². The molecule has 1 N–H and O–H groups in total. The van der Waals surface area contributed by atoms with Gasteiger partial charge in [-0.1, -0.05) is 12.1 Å². The average molecular weight is 218 g/mol. The van der Waals surface area contributed by atoms with Crippen molar-refractivity contribution in [3.8, 4) is 11.4 Å². The lowest BCUT2D eigenvalue weighted by molar-refractivity contribution is 0.0697. The highest BCUT2D eigenvalue weighted by molar-refractivity contribution is 5.88. The molecular formula is C10H10N4O2. The van der Waals surface area contributed by atoms with E-state index in [2.05, 4.69) is 15.5 Å². The number of carbonyl (C=O) groups is 1. The molecule has 0 aliphatic carbocycles. The quantitative estimate of drug-likeness (QED) is 0.833. The van der Waals surface area contributed by atoms with Crippen molar-refractivity contribution >= 4 is 5.97 Å². The first-order valence-electron chi connectivity index (χ1n) is 4.82. The highest BCUT2D eigenvalue weighted by Crippen LogP contribution is 2.16. The first kappa shape index (κ1) is 10.3. The van der Waals surface area contributed by atoms with Crippen LogP contribution in [0.5, 0.6) is 0 Å². The molecule has 0 amide bonds. The van der Waals surface area contributed by atoms with Crippen LogP contribution in [0.1, 0.15) is 17.3 Å². The summed E-state index contributed by atoms with van der Waals surface area (Å²) in [5.74, 6) is -0.305. The Kier molecular flexibility index (Phi) is 2.63. The molecular weight excluding hydrogens is 208 g/mol. The van der Waals surface area contributed by atoms with Crippen LogP contribution >= 0.6 is 0 Å². The van der Waals surface area contributed by atoms with Gasteiger partial charge in [0.1, 0.15) is 0 Å². The summed E-state index contributed by atoms with van der Waals surface area (Å²) in [6, 6.07) is 6.46. The largest absolute Gasteiger partial charge is 0.478 e. The molecule has 1 heterocycles. The van der Waals surface area contributed by atoms with Crippen LogP contribution < -0.4 is 0 Å². The van der Waals surface area contributed by atoms with Crippen molar-refractivity contribution in [3.63, 3.8) is 0 Å². The summed E-state index contributed by atoms with van der Waals surface area (Å²) in [4.78, 5) is 10.7. The molecule has 0 radical (unpaired) electrons. The lowest BCUT2D eigenvalue weighted by atomic mass is 10.1. The summed E-state index contributed by atoms with van der Waals surface area (Å²) in [6.07, 6.45) is 0. The smallest absolute Gasteiger partial charge is 0.335 e. The number of nitrogens with zero attached hydrogens (tertiary/aromatic N) is 4. The van der Waals surface area contributed by atoms with Crippen molar-refractivity contribution in [3.05, 3.63) is 29.8 Å². The maximum Gasteiger partial charge on any atom is 0.335 e. The van der Waals surface area contributed by atoms with Crippen LogP contribution in [0.15, 0.2) is 24.3 Å². The third-order valence-electron chi connectivity index (χ3n) is 2.22. The molecule has 1 aromatic carbocycles. The molecule has 6 heteroatoms. The lowest BCUT2D eigenvalue weighted by Crippen LogP contribution is -2.00. The van der Waals surface area contributed by atoms with Crippen LogP contribution in [0.4, 0.5) is 0 Å². The zero-order valence-electron chi connectivity index (χ0n) is 8.66. The Hall–Kier alpha value is -2.24. The van der Waals surface area contributed by atoms with E-state index in [-0.39, 0.29) is 5.56 Å². The Morgan fingerprint density at radius 1 is 1.38 bits per heavy atom. The second-order valence-corrected chi connectivity index (χ2v) is 3.20. The van der Waals surface area contributed by atoms with Gasteiger partial charge in [0.25, 0.3) is 0 Å². The maximum absolute atomic E-state index is 10.7. The average Bonchev–Trinajstić information content (AvgIpc) is 2.77. The fraction of sp³-hybridized carbons (Fsp3) is 0.200. The number of benzene rings is 1. The van der Waals surface area contributed by atoms with E-state index >= 15 is 0 Å². The molecule has 2 aromatic rings. The predicted molar refractivity (Wildman–Crippen MR) is 55.9 cm³/mol. The molecule has 0 bridgehead atoms. The van der Waals surface area contributed by atoms with Gasteiger partial charge in [0.15, 0.2) is 5.82 Å². The fourth-order valence-corrected chi connectivity index (χ4v) is 1.39. The molecule has 0 spiro atoms. The van der Waals surface area contributed by atoms with Gasteiger partial charge in [0.2, 0.25) is 0 Å². The van der Waals surface area contributed by atoms with E-state index in [1.807, 2.05) is 6.92 Å². The standard InChI is InChI=1S/C10H10N4O2/c1-2-14-9(11-12-13-14)7-3-5-8(6-4-7)10(15)16/h3-6H,2H2,1H3,(H,15,16). The summed E-state index contributed by atoms with van der Waals surface area (Å²) in [5, 5.41) is 20.0. The van der Waals surface area contributed by atoms with E-state index < -0.39 is 5.97 Å². The van der Waals surface area contributed by atoms with Crippen LogP contribution in [0, 0.1) is 0 Å². The molecule has 0 unspecified atom stereocenters. The lowest BCUT2D eigenvalue weighted by Gasteiger charge is -2.01. The minimum atomic E-state index is -0.943. The number of aromatic carboxylic acids is 1. The number of hydrogen-bond acceptors (Lipinski definition) is 4. The molecule has 0 fully saturated rings. The van der Waals surface area contributed by atoms with E-state index in [0.717, 1.165) is 5.56 Å². The minimum Gasteiger partial charge on any atom is -0.478 e. The Balaban J connectivity index is 2.38. The molecule has 1 aromatic heterocycles. The summed E-state index contributed by atoms with van der Waals surface area (Å²) < 4.78 is 1.65. The van der Waals surface area contributed by atoms with E-state index in [9.17, 15) is 4.79 Å². The zero-order chi connectivity index (χ0) is 11.5. The van der Waals surface area contributed by atoms with Gasteiger partial charge in [0.05, 0.1) is 5.56 Å². The summed E-state index contributed by atoms with van der Waals surface area (Å²) in [7, 11) is 0. The van der Waals surface area contributed by atoms with Crippen LogP contribution in [-0.4, -0.2) is 31.3 Å². The number of aryl methyl sites for hydroxylation is 1. The number of carboxylic acids is 1. The van der Waals surface area contributed by atoms with E-state index in [4.69, 9.17) is 5.11 Å². The van der Waals surface area contributed by atoms with Crippen molar-refractivity contribution < 1.29 is 9.90 Å². The number of carboxylic acid groups (broad SMARTS) is 1. The monoisotopic (exact) mass is 218 g/mol. The van der Waals surface area contributed by atoms with Gasteiger partial charge >= 0.3 is 5.97 Å². The Labute approximate surface area is 91.5 Å². The first-order valence-corrected chi connectivity index (χ1v) is 4.82. The fourth-order valence-electron chi connectivity index (χ4n) is 1.39. The Morgan fingerprint density at radius 2 is 2.06 bits per heavy atom. The number of rotatable bonds is 3. The van der Waals surface area contributed by atoms with Crippen molar-refractivity contribution in [2.45, 2.75) is 13.5 Å². The molecule has 0 saturated heterocycles. The second kappa shape index (κ2) is 4.09. The summed E-state index contributed by atoms with van der Waals surface area (Å²) >= 11 is 0. The Bertz CT molecular complexity index is 504. The summed E-state index contributed by atoms with van der Waals surface area (Å²) in [5.41, 5.74) is 1.05. The number of hydrogen-bond donors (Lipinski definition) is 1. The number of tetrazole rings is 1. The van der Waals surface area contributed by atoms with Gasteiger partial charge in [-0.25, -0.2) is 9.48 Å². The molecule has 0 saturated carbocycles. The van der Waals surface area contributed by atoms with Gasteiger partial charge < -0.3 is 5.11 Å². The third-order valence-corrected chi connectivity index (χ3v) is 2.22. The van der Waals surface area contributed by atoms with Crippen molar-refractivity contribution in [1.82, 2.24) is 20.2 Å². The number of aromatic nitrogens is 4. The van der Waals surface area contributed by atoms with Gasteiger partial charge in [-0.15, -0.1) is 5.10 Å². The normalized spacial score (nSPS) is 10.3. The highest BCUT2D eigenvalue weighted by atomic mass is 16.4. The summed E-state index contributed by atoms with van der Waals surface area (Å²) in [6.45, 7) is 2.61.